The second-order valence-corrected chi connectivity index (χ2v) is 5.24. The molecule has 0 amide bonds. The fourth-order valence-corrected chi connectivity index (χ4v) is 1.88. The van der Waals surface area contributed by atoms with E-state index in [-0.39, 0.29) is 12.7 Å². The topological polar surface area (TPSA) is 79.1 Å². The van der Waals surface area contributed by atoms with Crippen molar-refractivity contribution in [2.45, 2.75) is 18.4 Å². The Morgan fingerprint density at radius 1 is 1.29 bits per heavy atom. The predicted molar refractivity (Wildman–Crippen MR) is 75.4 cm³/mol. The largest absolute Gasteiger partial charge is 0.506 e. The molecular formula is C15H13F4NO4. The molecule has 0 radical (unpaired) electrons. The monoisotopic (exact) mass is 347 g/mol. The molecule has 9 heteroatoms. The van der Waals surface area contributed by atoms with Gasteiger partial charge in [-0.2, -0.15) is 0 Å². The number of ether oxygens (including phenoxy) is 1. The van der Waals surface area contributed by atoms with Crippen LogP contribution in [0, 0.1) is 23.3 Å². The molecule has 5 nitrogen and oxygen atoms in total. The molecule has 2 N–H and O–H groups in total. The maximum Gasteiger partial charge on any atom is 0.343 e. The average Bonchev–Trinajstić information content (AvgIpc) is 3.36. The number of aliphatic hydroxyl groups is 2. The molecule has 1 aromatic rings. The molecule has 0 spiro atoms. The van der Waals surface area contributed by atoms with Crippen LogP contribution in [0.25, 0.3) is 5.76 Å². The van der Waals surface area contributed by atoms with Gasteiger partial charge in [0.1, 0.15) is 11.3 Å². The summed E-state index contributed by atoms with van der Waals surface area (Å²) in [5.74, 6) is -10.1. The van der Waals surface area contributed by atoms with Gasteiger partial charge < -0.3 is 14.9 Å². The third-order valence-corrected chi connectivity index (χ3v) is 3.61. The van der Waals surface area contributed by atoms with Crippen LogP contribution < -0.4 is 0 Å². The summed E-state index contributed by atoms with van der Waals surface area (Å²) in [5.41, 5.74) is -2.56. The third-order valence-electron chi connectivity index (χ3n) is 3.61. The van der Waals surface area contributed by atoms with E-state index in [1.165, 1.54) is 0 Å². The molecular weight excluding hydrogens is 334 g/mol. The SMILES string of the molecule is COC(=O)/C(C=NC1(CO)CC1)=C(\O)c1cc(F)c(F)c(F)c1F. The van der Waals surface area contributed by atoms with Crippen LogP contribution in [0.1, 0.15) is 18.4 Å². The molecule has 130 valence electrons. The van der Waals surface area contributed by atoms with Gasteiger partial charge >= 0.3 is 5.97 Å². The minimum Gasteiger partial charge on any atom is -0.506 e. The molecule has 24 heavy (non-hydrogen) atoms. The molecule has 1 saturated carbocycles. The molecule has 0 atom stereocenters. The molecule has 0 aliphatic heterocycles. The third kappa shape index (κ3) is 3.25. The first-order valence-corrected chi connectivity index (χ1v) is 6.77. The van der Waals surface area contributed by atoms with Crippen molar-refractivity contribution in [2.24, 2.45) is 4.99 Å². The van der Waals surface area contributed by atoms with E-state index in [0.29, 0.717) is 12.8 Å². The van der Waals surface area contributed by atoms with Gasteiger partial charge in [0.05, 0.1) is 24.8 Å². The zero-order chi connectivity index (χ0) is 18.1. The van der Waals surface area contributed by atoms with Gasteiger partial charge in [-0.05, 0) is 18.9 Å². The first kappa shape index (κ1) is 17.9. The van der Waals surface area contributed by atoms with E-state index < -0.39 is 51.7 Å². The van der Waals surface area contributed by atoms with Crippen LogP contribution in [0.2, 0.25) is 0 Å². The van der Waals surface area contributed by atoms with Crippen LogP contribution in [0.4, 0.5) is 17.6 Å². The molecule has 1 aromatic carbocycles. The Hall–Kier alpha value is -2.42. The standard InChI is InChI=1S/C15H13F4NO4/c1-24-14(23)8(5-20-15(6-21)2-3-15)13(22)7-4-9(16)11(18)12(19)10(7)17/h4-5,21-22H,2-3,6H2,1H3/b13-8-,20-5?. The summed E-state index contributed by atoms with van der Waals surface area (Å²) in [6, 6.07) is 0.207. The fourth-order valence-electron chi connectivity index (χ4n) is 1.88. The second kappa shape index (κ2) is 6.60. The van der Waals surface area contributed by atoms with Crippen LogP contribution >= 0.6 is 0 Å². The zero-order valence-electron chi connectivity index (χ0n) is 12.4. The molecule has 0 saturated heterocycles. The van der Waals surface area contributed by atoms with Crippen molar-refractivity contribution in [1.29, 1.82) is 0 Å². The van der Waals surface area contributed by atoms with Gasteiger partial charge in [0, 0.05) is 6.21 Å². The van der Waals surface area contributed by atoms with Crippen molar-refractivity contribution in [1.82, 2.24) is 0 Å². The summed E-state index contributed by atoms with van der Waals surface area (Å²) in [6.07, 6.45) is 1.88. The highest BCUT2D eigenvalue weighted by molar-refractivity contribution is 6.15. The van der Waals surface area contributed by atoms with Crippen molar-refractivity contribution in [2.75, 3.05) is 13.7 Å². The lowest BCUT2D eigenvalue weighted by Gasteiger charge is -2.09. The molecule has 2 rings (SSSR count). The smallest absolute Gasteiger partial charge is 0.343 e. The lowest BCUT2D eigenvalue weighted by atomic mass is 10.1. The van der Waals surface area contributed by atoms with Crippen LogP contribution in [0.5, 0.6) is 0 Å². The molecule has 0 unspecified atom stereocenters. The predicted octanol–water partition coefficient (Wildman–Crippen LogP) is 2.28. The van der Waals surface area contributed by atoms with Crippen LogP contribution in [-0.2, 0) is 9.53 Å². The summed E-state index contributed by atoms with van der Waals surface area (Å²) < 4.78 is 57.7. The zero-order valence-corrected chi connectivity index (χ0v) is 12.4. The maximum atomic E-state index is 13.8. The summed E-state index contributed by atoms with van der Waals surface area (Å²) in [5, 5.41) is 19.2. The molecule has 1 aliphatic rings. The lowest BCUT2D eigenvalue weighted by molar-refractivity contribution is -0.135. The Morgan fingerprint density at radius 2 is 1.92 bits per heavy atom. The first-order chi connectivity index (χ1) is 11.3. The number of hydrogen-bond donors (Lipinski definition) is 2. The van der Waals surface area contributed by atoms with Gasteiger partial charge in [0.25, 0.3) is 0 Å². The Labute approximate surface area is 133 Å². The molecule has 0 heterocycles. The first-order valence-electron chi connectivity index (χ1n) is 6.77. The summed E-state index contributed by atoms with van der Waals surface area (Å²) in [6.45, 7) is -0.313. The highest BCUT2D eigenvalue weighted by Crippen LogP contribution is 2.39. The number of nitrogens with zero attached hydrogens (tertiary/aromatic N) is 1. The second-order valence-electron chi connectivity index (χ2n) is 5.24. The highest BCUT2D eigenvalue weighted by atomic mass is 19.2. The number of carbonyl (C=O) groups excluding carboxylic acids is 1. The van der Waals surface area contributed by atoms with Gasteiger partial charge in [-0.3, -0.25) is 4.99 Å². The molecule has 1 fully saturated rings. The van der Waals surface area contributed by atoms with Crippen molar-refractivity contribution < 1.29 is 37.3 Å². The van der Waals surface area contributed by atoms with Crippen molar-refractivity contribution in [3.63, 3.8) is 0 Å². The van der Waals surface area contributed by atoms with Crippen LogP contribution in [0.15, 0.2) is 16.6 Å². The lowest BCUT2D eigenvalue weighted by Crippen LogP contribution is -2.15. The highest BCUT2D eigenvalue weighted by Gasteiger charge is 2.41. The number of aliphatic imine (C=N–C) groups is 1. The number of halogens is 4. The summed E-state index contributed by atoms with van der Waals surface area (Å²) in [7, 11) is 0.963. The Bertz CT molecular complexity index is 741. The Kier molecular flexibility index (Phi) is 4.93. The minimum absolute atomic E-state index is 0.207. The normalized spacial score (nSPS) is 16.9. The van der Waals surface area contributed by atoms with E-state index in [2.05, 4.69) is 9.73 Å². The number of carbonyl (C=O) groups is 1. The van der Waals surface area contributed by atoms with E-state index in [0.717, 1.165) is 13.3 Å². The van der Waals surface area contributed by atoms with Crippen LogP contribution in [-0.4, -0.2) is 41.7 Å². The van der Waals surface area contributed by atoms with Crippen molar-refractivity contribution in [3.8, 4) is 0 Å². The van der Waals surface area contributed by atoms with Gasteiger partial charge in [-0.25, -0.2) is 22.4 Å². The number of benzene rings is 1. The number of aliphatic hydroxyl groups excluding tert-OH is 2. The fraction of sp³-hybridized carbons (Fsp3) is 0.333. The number of rotatable bonds is 5. The molecule has 1 aliphatic carbocycles. The summed E-state index contributed by atoms with van der Waals surface area (Å²) >= 11 is 0. The Morgan fingerprint density at radius 3 is 2.42 bits per heavy atom. The minimum atomic E-state index is -2.13. The van der Waals surface area contributed by atoms with E-state index in [4.69, 9.17) is 5.11 Å². The van der Waals surface area contributed by atoms with E-state index in [1.54, 1.807) is 0 Å². The van der Waals surface area contributed by atoms with Crippen LogP contribution in [0.3, 0.4) is 0 Å². The molecule has 0 bridgehead atoms. The number of esters is 1. The van der Waals surface area contributed by atoms with E-state index in [9.17, 15) is 27.5 Å². The van der Waals surface area contributed by atoms with Crippen molar-refractivity contribution in [3.05, 3.63) is 40.5 Å². The van der Waals surface area contributed by atoms with E-state index >= 15 is 0 Å². The Balaban J connectivity index is 2.56. The number of methoxy groups -OCH3 is 1. The van der Waals surface area contributed by atoms with Gasteiger partial charge in [-0.1, -0.05) is 0 Å². The quantitative estimate of drug-likeness (QED) is 0.163. The van der Waals surface area contributed by atoms with Gasteiger partial charge in [-0.15, -0.1) is 0 Å². The van der Waals surface area contributed by atoms with E-state index in [1.807, 2.05) is 0 Å². The summed E-state index contributed by atoms with van der Waals surface area (Å²) in [4.78, 5) is 15.6. The van der Waals surface area contributed by atoms with Crippen molar-refractivity contribution >= 4 is 17.9 Å². The maximum absolute atomic E-state index is 13.8. The molecule has 0 aromatic heterocycles. The van der Waals surface area contributed by atoms with Gasteiger partial charge in [0.2, 0.25) is 0 Å². The average molecular weight is 347 g/mol. The van der Waals surface area contributed by atoms with Gasteiger partial charge in [0.15, 0.2) is 23.3 Å². The number of hydrogen-bond acceptors (Lipinski definition) is 5.